The second kappa shape index (κ2) is 7.18. The molecule has 0 unspecified atom stereocenters. The third-order valence-corrected chi connectivity index (χ3v) is 3.92. The van der Waals surface area contributed by atoms with Crippen LogP contribution in [0.25, 0.3) is 0 Å². The zero-order valence-electron chi connectivity index (χ0n) is 14.7. The lowest BCUT2D eigenvalue weighted by atomic mass is 10.1. The van der Waals surface area contributed by atoms with Gasteiger partial charge in [-0.1, -0.05) is 0 Å². The summed E-state index contributed by atoms with van der Waals surface area (Å²) in [4.78, 5) is 16.1. The van der Waals surface area contributed by atoms with Gasteiger partial charge in [0.25, 0.3) is 0 Å². The molecule has 1 aromatic rings. The second-order valence-corrected chi connectivity index (χ2v) is 7.17. The summed E-state index contributed by atoms with van der Waals surface area (Å²) < 4.78 is 18.9. The number of benzene rings is 1. The Kier molecular flexibility index (Phi) is 5.45. The van der Waals surface area contributed by atoms with Gasteiger partial charge in [-0.3, -0.25) is 4.90 Å². The molecule has 1 aliphatic heterocycles. The molecule has 24 heavy (non-hydrogen) atoms. The zero-order valence-corrected chi connectivity index (χ0v) is 14.7. The summed E-state index contributed by atoms with van der Waals surface area (Å²) >= 11 is 0. The molecule has 2 rings (SSSR count). The van der Waals surface area contributed by atoms with Crippen LogP contribution in [0.4, 0.5) is 9.18 Å². The molecule has 0 bridgehead atoms. The minimum Gasteiger partial charge on any atom is -0.444 e. The Morgan fingerprint density at radius 2 is 2.12 bits per heavy atom. The number of carbonyl (C=O) groups is 1. The monoisotopic (exact) mass is 333 g/mol. The normalized spacial score (nSPS) is 19.0. The van der Waals surface area contributed by atoms with Crippen LogP contribution in [0.2, 0.25) is 0 Å². The number of amides is 1. The first-order chi connectivity index (χ1) is 11.2. The van der Waals surface area contributed by atoms with Crippen LogP contribution in [0.15, 0.2) is 18.2 Å². The zero-order chi connectivity index (χ0) is 17.9. The summed E-state index contributed by atoms with van der Waals surface area (Å²) in [6.07, 6.45) is -0.307. The highest BCUT2D eigenvalue weighted by atomic mass is 19.1. The van der Waals surface area contributed by atoms with Crippen molar-refractivity contribution in [3.63, 3.8) is 0 Å². The summed E-state index contributed by atoms with van der Waals surface area (Å²) in [5.74, 6) is -0.343. The van der Waals surface area contributed by atoms with Gasteiger partial charge in [-0.15, -0.1) is 0 Å². The number of halogens is 1. The smallest absolute Gasteiger partial charge is 0.410 e. The standard InChI is InChI=1S/C18H24FN3O2/c1-13-11-21(7-8-22(13)17(23)24-18(2,3)4)12-15-9-16(19)6-5-14(15)10-20/h5-6,9,13H,7-8,11-12H2,1-4H3/t13-/m1/s1. The Balaban J connectivity index is 2.00. The molecular weight excluding hydrogens is 309 g/mol. The Hall–Kier alpha value is -2.13. The third kappa shape index (κ3) is 4.68. The molecule has 1 atom stereocenters. The van der Waals surface area contributed by atoms with Crippen LogP contribution in [-0.4, -0.2) is 47.2 Å². The maximum absolute atomic E-state index is 13.4. The van der Waals surface area contributed by atoms with Crippen molar-refractivity contribution in [1.82, 2.24) is 9.80 Å². The van der Waals surface area contributed by atoms with Gasteiger partial charge >= 0.3 is 6.09 Å². The molecule has 0 spiro atoms. The lowest BCUT2D eigenvalue weighted by molar-refractivity contribution is 0.000548. The van der Waals surface area contributed by atoms with Crippen LogP contribution >= 0.6 is 0 Å². The van der Waals surface area contributed by atoms with Crippen LogP contribution < -0.4 is 0 Å². The summed E-state index contributed by atoms with van der Waals surface area (Å²) in [5, 5.41) is 9.15. The summed E-state index contributed by atoms with van der Waals surface area (Å²) in [6, 6.07) is 6.30. The predicted molar refractivity (Wildman–Crippen MR) is 88.8 cm³/mol. The van der Waals surface area contributed by atoms with Crippen LogP contribution in [0, 0.1) is 17.1 Å². The van der Waals surface area contributed by atoms with Crippen molar-refractivity contribution >= 4 is 6.09 Å². The first-order valence-corrected chi connectivity index (χ1v) is 8.10. The number of piperazine rings is 1. The van der Waals surface area contributed by atoms with Gasteiger partial charge in [0.2, 0.25) is 0 Å². The molecule has 5 nitrogen and oxygen atoms in total. The average molecular weight is 333 g/mol. The van der Waals surface area contributed by atoms with E-state index in [4.69, 9.17) is 10.00 Å². The van der Waals surface area contributed by atoms with Gasteiger partial charge in [0.1, 0.15) is 11.4 Å². The van der Waals surface area contributed by atoms with Gasteiger partial charge in [-0.2, -0.15) is 5.26 Å². The number of nitriles is 1. The molecule has 1 heterocycles. The fourth-order valence-electron chi connectivity index (χ4n) is 2.81. The molecule has 6 heteroatoms. The van der Waals surface area contributed by atoms with Crippen molar-refractivity contribution < 1.29 is 13.9 Å². The topological polar surface area (TPSA) is 56.6 Å². The highest BCUT2D eigenvalue weighted by molar-refractivity contribution is 5.68. The maximum Gasteiger partial charge on any atom is 0.410 e. The van der Waals surface area contributed by atoms with E-state index >= 15 is 0 Å². The van der Waals surface area contributed by atoms with Gasteiger partial charge in [-0.25, -0.2) is 9.18 Å². The number of rotatable bonds is 2. The van der Waals surface area contributed by atoms with E-state index in [1.807, 2.05) is 27.7 Å². The average Bonchev–Trinajstić information content (AvgIpc) is 2.45. The first kappa shape index (κ1) is 18.2. The Morgan fingerprint density at radius 3 is 2.71 bits per heavy atom. The van der Waals surface area contributed by atoms with Gasteiger partial charge in [0.15, 0.2) is 0 Å². The number of hydrogen-bond donors (Lipinski definition) is 0. The summed E-state index contributed by atoms with van der Waals surface area (Å²) in [7, 11) is 0. The fraction of sp³-hybridized carbons (Fsp3) is 0.556. The highest BCUT2D eigenvalue weighted by Gasteiger charge is 2.30. The first-order valence-electron chi connectivity index (χ1n) is 8.10. The summed E-state index contributed by atoms with van der Waals surface area (Å²) in [6.45, 7) is 9.86. The van der Waals surface area contributed by atoms with E-state index in [0.717, 1.165) is 0 Å². The van der Waals surface area contributed by atoms with Crippen molar-refractivity contribution in [2.45, 2.75) is 45.9 Å². The molecule has 130 valence electrons. The van der Waals surface area contributed by atoms with Crippen molar-refractivity contribution in [2.75, 3.05) is 19.6 Å². The van der Waals surface area contributed by atoms with E-state index in [0.29, 0.717) is 37.3 Å². The Morgan fingerprint density at radius 1 is 1.42 bits per heavy atom. The summed E-state index contributed by atoms with van der Waals surface area (Å²) in [5.41, 5.74) is 0.644. The van der Waals surface area contributed by atoms with Gasteiger partial charge in [0, 0.05) is 32.2 Å². The SMILES string of the molecule is C[C@@H]1CN(Cc2cc(F)ccc2C#N)CCN1C(=O)OC(C)(C)C. The quantitative estimate of drug-likeness (QED) is 0.834. The molecular formula is C18H24FN3O2. The molecule has 1 aromatic carbocycles. The van der Waals surface area contributed by atoms with E-state index < -0.39 is 5.60 Å². The lowest BCUT2D eigenvalue weighted by Crippen LogP contribution is -2.54. The van der Waals surface area contributed by atoms with Crippen LogP contribution in [0.5, 0.6) is 0 Å². The van der Waals surface area contributed by atoms with Crippen LogP contribution in [0.1, 0.15) is 38.8 Å². The van der Waals surface area contributed by atoms with Gasteiger partial charge < -0.3 is 9.64 Å². The molecule has 0 aliphatic carbocycles. The number of nitrogens with zero attached hydrogens (tertiary/aromatic N) is 3. The van der Waals surface area contributed by atoms with Gasteiger partial charge in [-0.05, 0) is 51.5 Å². The van der Waals surface area contributed by atoms with Crippen LogP contribution in [-0.2, 0) is 11.3 Å². The molecule has 0 N–H and O–H groups in total. The lowest BCUT2D eigenvalue weighted by Gasteiger charge is -2.40. The molecule has 1 aliphatic rings. The van der Waals surface area contributed by atoms with Crippen LogP contribution in [0.3, 0.4) is 0 Å². The number of carbonyl (C=O) groups excluding carboxylic acids is 1. The number of hydrogen-bond acceptors (Lipinski definition) is 4. The predicted octanol–water partition coefficient (Wildman–Crippen LogP) is 3.14. The molecule has 0 radical (unpaired) electrons. The molecule has 1 saturated heterocycles. The van der Waals surface area contributed by atoms with E-state index in [1.165, 1.54) is 18.2 Å². The fourth-order valence-corrected chi connectivity index (χ4v) is 2.81. The molecule has 0 saturated carbocycles. The van der Waals surface area contributed by atoms with Crippen molar-refractivity contribution in [2.24, 2.45) is 0 Å². The molecule has 1 amide bonds. The Bertz CT molecular complexity index is 649. The third-order valence-electron chi connectivity index (χ3n) is 3.92. The molecule has 0 aromatic heterocycles. The van der Waals surface area contributed by atoms with E-state index in [-0.39, 0.29) is 18.0 Å². The van der Waals surface area contributed by atoms with E-state index in [2.05, 4.69) is 11.0 Å². The van der Waals surface area contributed by atoms with Gasteiger partial charge in [0.05, 0.1) is 11.6 Å². The number of ether oxygens (including phenoxy) is 1. The van der Waals surface area contributed by atoms with E-state index in [1.54, 1.807) is 4.90 Å². The largest absolute Gasteiger partial charge is 0.444 e. The maximum atomic E-state index is 13.4. The van der Waals surface area contributed by atoms with E-state index in [9.17, 15) is 9.18 Å². The van der Waals surface area contributed by atoms with Crippen molar-refractivity contribution in [3.05, 3.63) is 35.1 Å². The highest BCUT2D eigenvalue weighted by Crippen LogP contribution is 2.19. The minimum atomic E-state index is -0.517. The second-order valence-electron chi connectivity index (χ2n) is 7.17. The van der Waals surface area contributed by atoms with Crippen molar-refractivity contribution in [3.8, 4) is 6.07 Å². The minimum absolute atomic E-state index is 0.00676. The van der Waals surface area contributed by atoms with Crippen molar-refractivity contribution in [1.29, 1.82) is 5.26 Å². The molecule has 1 fully saturated rings. The Labute approximate surface area is 142 Å².